The van der Waals surface area contributed by atoms with Crippen LogP contribution in [0.15, 0.2) is 48.7 Å². The fourth-order valence-electron chi connectivity index (χ4n) is 10.4. The Labute approximate surface area is 372 Å². The van der Waals surface area contributed by atoms with Gasteiger partial charge >= 0.3 is 12.2 Å². The second-order valence-corrected chi connectivity index (χ2v) is 18.2. The van der Waals surface area contributed by atoms with E-state index < -0.39 is 24.3 Å². The highest BCUT2D eigenvalue weighted by atomic mass is 16.5. The Balaban J connectivity index is 0.970. The number of hydrogen-bond acceptors (Lipinski definition) is 10. The number of fused-ring (bicyclic) bond motifs is 6. The second-order valence-electron chi connectivity index (χ2n) is 18.2. The SMILES string of the molecule is CC[C@H]1CC[C@@H](c2nc3ccc4cc5c(cc4c3[nH]2)OCc2cc(-c3cnc([C@@H]4C[C@H](C)CN4C(=O)[C@@H](NC(=O)OC)C(C)C)[nH]3)ccc2-5)N1C(=O)[C@@H](NC(=O)OC)C1CCOCC1. The smallest absolute Gasteiger partial charge is 0.407 e. The zero-order valence-corrected chi connectivity index (χ0v) is 37.4. The van der Waals surface area contributed by atoms with E-state index in [2.05, 4.69) is 70.8 Å². The Bertz CT molecular complexity index is 2580. The average molecular weight is 875 g/mol. The maximum absolute atomic E-state index is 14.5. The van der Waals surface area contributed by atoms with Gasteiger partial charge in [-0.25, -0.2) is 19.6 Å². The fraction of sp³-hybridized carbons (Fsp3) is 0.500. The van der Waals surface area contributed by atoms with E-state index in [1.54, 1.807) is 0 Å². The van der Waals surface area contributed by atoms with Crippen LogP contribution in [0.3, 0.4) is 0 Å². The van der Waals surface area contributed by atoms with Gasteiger partial charge in [0.25, 0.3) is 0 Å². The van der Waals surface area contributed by atoms with Gasteiger partial charge in [-0.3, -0.25) is 9.59 Å². The lowest BCUT2D eigenvalue weighted by molar-refractivity contribution is -0.139. The van der Waals surface area contributed by atoms with Gasteiger partial charge in [0, 0.05) is 36.8 Å². The lowest BCUT2D eigenvalue weighted by Crippen LogP contribution is -2.54. The summed E-state index contributed by atoms with van der Waals surface area (Å²) in [5.74, 6) is 2.03. The highest BCUT2D eigenvalue weighted by molar-refractivity contribution is 6.07. The van der Waals surface area contributed by atoms with E-state index in [1.807, 2.05) is 35.9 Å². The van der Waals surface area contributed by atoms with Gasteiger partial charge < -0.3 is 49.3 Å². The van der Waals surface area contributed by atoms with Gasteiger partial charge in [0.15, 0.2) is 0 Å². The number of H-pyrrole nitrogens is 2. The molecule has 3 fully saturated rings. The molecule has 0 aliphatic carbocycles. The van der Waals surface area contributed by atoms with Crippen molar-refractivity contribution in [1.29, 1.82) is 0 Å². The van der Waals surface area contributed by atoms with Crippen LogP contribution in [0.4, 0.5) is 9.59 Å². The maximum Gasteiger partial charge on any atom is 0.407 e. The number of imidazole rings is 2. The zero-order valence-electron chi connectivity index (χ0n) is 37.4. The number of alkyl carbamates (subject to hydrolysis) is 2. The van der Waals surface area contributed by atoms with Gasteiger partial charge in [0.05, 0.1) is 49.2 Å². The van der Waals surface area contributed by atoms with E-state index in [0.29, 0.717) is 45.0 Å². The number of ether oxygens (including phenoxy) is 4. The zero-order chi connectivity index (χ0) is 44.8. The summed E-state index contributed by atoms with van der Waals surface area (Å²) in [4.78, 5) is 73.8. The molecule has 4 N–H and O–H groups in total. The molecule has 4 aliphatic heterocycles. The predicted octanol–water partition coefficient (Wildman–Crippen LogP) is 7.55. The molecule has 338 valence electrons. The van der Waals surface area contributed by atoms with Crippen molar-refractivity contribution in [2.24, 2.45) is 17.8 Å². The van der Waals surface area contributed by atoms with Crippen LogP contribution < -0.4 is 15.4 Å². The number of nitrogens with zero attached hydrogens (tertiary/aromatic N) is 4. The minimum Gasteiger partial charge on any atom is -0.488 e. The summed E-state index contributed by atoms with van der Waals surface area (Å²) in [7, 11) is 2.61. The van der Waals surface area contributed by atoms with Crippen LogP contribution in [-0.4, -0.2) is 106 Å². The molecule has 9 rings (SSSR count). The Morgan fingerprint density at radius 3 is 2.42 bits per heavy atom. The van der Waals surface area contributed by atoms with Crippen LogP contribution in [0.2, 0.25) is 0 Å². The van der Waals surface area contributed by atoms with Crippen LogP contribution in [-0.2, 0) is 30.4 Å². The van der Waals surface area contributed by atoms with E-state index in [4.69, 9.17) is 28.9 Å². The van der Waals surface area contributed by atoms with Crippen LogP contribution >= 0.6 is 0 Å². The fourth-order valence-corrected chi connectivity index (χ4v) is 10.4. The van der Waals surface area contributed by atoms with Crippen LogP contribution in [0.1, 0.15) is 95.5 Å². The molecule has 16 heteroatoms. The first-order valence-corrected chi connectivity index (χ1v) is 22.6. The number of likely N-dealkylation sites (tertiary alicyclic amines) is 2. The normalized spacial score (nSPS) is 21.9. The summed E-state index contributed by atoms with van der Waals surface area (Å²) < 4.78 is 21.8. The maximum atomic E-state index is 14.5. The first-order chi connectivity index (χ1) is 31.0. The summed E-state index contributed by atoms with van der Waals surface area (Å²) in [5.41, 5.74) is 6.61. The van der Waals surface area contributed by atoms with Crippen molar-refractivity contribution in [3.63, 3.8) is 0 Å². The summed E-state index contributed by atoms with van der Waals surface area (Å²) in [6, 6.07) is 12.7. The van der Waals surface area contributed by atoms with Crippen molar-refractivity contribution < 1.29 is 38.1 Å². The number of nitrogens with one attached hydrogen (secondary N) is 4. The molecule has 5 aromatic rings. The topological polar surface area (TPSA) is 193 Å². The van der Waals surface area contributed by atoms with E-state index in [9.17, 15) is 19.2 Å². The van der Waals surface area contributed by atoms with Gasteiger partial charge in [-0.2, -0.15) is 0 Å². The molecule has 4 aliphatic rings. The molecule has 6 atom stereocenters. The van der Waals surface area contributed by atoms with Crippen molar-refractivity contribution in [3.05, 3.63) is 65.9 Å². The molecular formula is C48H58N8O8. The van der Waals surface area contributed by atoms with Gasteiger partial charge in [0.2, 0.25) is 11.8 Å². The van der Waals surface area contributed by atoms with Gasteiger partial charge in [0.1, 0.15) is 36.1 Å². The van der Waals surface area contributed by atoms with E-state index >= 15 is 0 Å². The first kappa shape index (κ1) is 43.1. The van der Waals surface area contributed by atoms with Crippen LogP contribution in [0.5, 0.6) is 5.75 Å². The number of carbonyl (C=O) groups is 4. The minimum absolute atomic E-state index is 0.0126. The molecule has 64 heavy (non-hydrogen) atoms. The third-order valence-electron chi connectivity index (χ3n) is 13.8. The Morgan fingerprint density at radius 2 is 1.67 bits per heavy atom. The quantitative estimate of drug-likeness (QED) is 0.109. The third-order valence-corrected chi connectivity index (χ3v) is 13.8. The van der Waals surface area contributed by atoms with Gasteiger partial charge in [-0.05, 0) is 103 Å². The summed E-state index contributed by atoms with van der Waals surface area (Å²) in [5, 5.41) is 7.60. The molecule has 3 aromatic carbocycles. The highest BCUT2D eigenvalue weighted by Crippen LogP contribution is 2.44. The first-order valence-electron chi connectivity index (χ1n) is 22.6. The molecule has 6 heterocycles. The van der Waals surface area contributed by atoms with Crippen LogP contribution in [0.25, 0.3) is 44.2 Å². The van der Waals surface area contributed by atoms with Crippen LogP contribution in [0, 0.1) is 17.8 Å². The predicted molar refractivity (Wildman–Crippen MR) is 239 cm³/mol. The van der Waals surface area contributed by atoms with E-state index in [-0.39, 0.29) is 47.7 Å². The van der Waals surface area contributed by atoms with Gasteiger partial charge in [-0.15, -0.1) is 0 Å². The summed E-state index contributed by atoms with van der Waals surface area (Å²) >= 11 is 0. The lowest BCUT2D eigenvalue weighted by atomic mass is 9.90. The number of rotatable bonds is 10. The lowest BCUT2D eigenvalue weighted by Gasteiger charge is -2.36. The standard InChI is InChI=1S/C48H58N8O8/c1-7-31-10-13-37(56(31)46(58)41(54-48(60)62-6)27-14-16-63-17-15-27)44-50-35-12-9-28-20-34-32-11-8-29(19-30(32)24-64-39(34)21-33(28)42(35)52-44)36-22-49-43(51-36)38-18-26(4)23-55(38)45(57)40(25(2)3)53-47(59)61-5/h8-9,11-12,19-22,25-27,31,37-38,40-41H,7,10,13-18,23-24H2,1-6H3,(H,49,51)(H,50,52)(H,53,59)(H,54,60)/t26-,31-,37-,38-,40-,41-/m0/s1. The molecular weight excluding hydrogens is 817 g/mol. The number of benzene rings is 3. The molecule has 0 unspecified atom stereocenters. The number of aromatic nitrogens is 4. The van der Waals surface area contributed by atoms with Crippen molar-refractivity contribution in [1.82, 2.24) is 40.4 Å². The van der Waals surface area contributed by atoms with E-state index in [0.717, 1.165) is 87.0 Å². The Morgan fingerprint density at radius 1 is 0.891 bits per heavy atom. The second kappa shape index (κ2) is 17.8. The number of carbonyl (C=O) groups excluding carboxylic acids is 4. The summed E-state index contributed by atoms with van der Waals surface area (Å²) in [6.07, 6.45) is 5.06. The molecule has 2 aromatic heterocycles. The summed E-state index contributed by atoms with van der Waals surface area (Å²) in [6.45, 7) is 10.1. The molecule has 4 amide bonds. The van der Waals surface area contributed by atoms with Crippen molar-refractivity contribution >= 4 is 45.8 Å². The minimum atomic E-state index is -0.721. The molecule has 3 saturated heterocycles. The van der Waals surface area contributed by atoms with Crippen molar-refractivity contribution in [3.8, 4) is 28.1 Å². The Hall–Kier alpha value is -6.16. The molecule has 0 saturated carbocycles. The number of amides is 4. The largest absolute Gasteiger partial charge is 0.488 e. The molecule has 0 spiro atoms. The third kappa shape index (κ3) is 8.01. The highest BCUT2D eigenvalue weighted by Gasteiger charge is 2.44. The number of methoxy groups -OCH3 is 2. The molecule has 16 nitrogen and oxygen atoms in total. The number of hydrogen-bond donors (Lipinski definition) is 4. The molecule has 0 bridgehead atoms. The van der Waals surface area contributed by atoms with Crippen molar-refractivity contribution in [2.75, 3.05) is 34.0 Å². The number of aromatic amines is 2. The van der Waals surface area contributed by atoms with Gasteiger partial charge in [-0.1, -0.05) is 45.9 Å². The Kier molecular flexibility index (Phi) is 12.0. The monoisotopic (exact) mass is 874 g/mol. The average Bonchev–Trinajstić information content (AvgIpc) is 4.14. The molecule has 0 radical (unpaired) electrons. The van der Waals surface area contributed by atoms with E-state index in [1.165, 1.54) is 14.2 Å². The van der Waals surface area contributed by atoms with Crippen molar-refractivity contribution in [2.45, 2.75) is 103 Å².